The van der Waals surface area contributed by atoms with E-state index in [1.54, 1.807) is 6.92 Å². The van der Waals surface area contributed by atoms with Crippen molar-refractivity contribution in [2.24, 2.45) is 0 Å². The molecule has 28 heavy (non-hydrogen) atoms. The molecule has 0 aliphatic carbocycles. The molecular formula is C24H32N2O2. The topological polar surface area (TPSA) is 41.6 Å². The van der Waals surface area contributed by atoms with Crippen molar-refractivity contribution < 1.29 is 9.53 Å². The Labute approximate surface area is 168 Å². The number of nitrogens with zero attached hydrogens (tertiary/aromatic N) is 1. The van der Waals surface area contributed by atoms with Crippen LogP contribution >= 0.6 is 0 Å². The minimum atomic E-state index is -0.531. The second-order valence-corrected chi connectivity index (χ2v) is 7.90. The van der Waals surface area contributed by atoms with Crippen molar-refractivity contribution in [3.8, 4) is 5.75 Å². The van der Waals surface area contributed by atoms with Gasteiger partial charge in [0.05, 0.1) is 0 Å². The van der Waals surface area contributed by atoms with E-state index in [1.807, 2.05) is 32.0 Å². The standard InChI is InChI=1S/C24H32N2O2/c1-18-10-11-19(2)23(14-18)28-20(3)24(27)25-16-21-8-7-9-22(15-21)17-26-12-5-4-6-13-26/h7-11,14-15,20H,4-6,12-13,16-17H2,1-3H3,(H,25,27)/t20-/m1/s1. The second-order valence-electron chi connectivity index (χ2n) is 7.90. The summed E-state index contributed by atoms with van der Waals surface area (Å²) in [5, 5.41) is 3.01. The molecule has 1 saturated heterocycles. The van der Waals surface area contributed by atoms with Crippen LogP contribution in [0.1, 0.15) is 48.4 Å². The van der Waals surface area contributed by atoms with Crippen LogP contribution < -0.4 is 10.1 Å². The summed E-state index contributed by atoms with van der Waals surface area (Å²) in [6.45, 7) is 9.70. The van der Waals surface area contributed by atoms with Gasteiger partial charge in [0, 0.05) is 13.1 Å². The van der Waals surface area contributed by atoms with E-state index in [1.165, 1.54) is 37.9 Å². The Kier molecular flexibility index (Phi) is 7.10. The van der Waals surface area contributed by atoms with Crippen molar-refractivity contribution >= 4 is 5.91 Å². The van der Waals surface area contributed by atoms with Gasteiger partial charge in [-0.1, -0.05) is 42.8 Å². The van der Waals surface area contributed by atoms with Crippen LogP contribution in [0, 0.1) is 13.8 Å². The molecule has 0 saturated carbocycles. The van der Waals surface area contributed by atoms with Crippen molar-refractivity contribution in [1.82, 2.24) is 10.2 Å². The Bertz CT molecular complexity index is 797. The number of nitrogens with one attached hydrogen (secondary N) is 1. The van der Waals surface area contributed by atoms with Gasteiger partial charge in [-0.05, 0) is 75.0 Å². The minimum Gasteiger partial charge on any atom is -0.481 e. The van der Waals surface area contributed by atoms with E-state index in [2.05, 4.69) is 34.5 Å². The van der Waals surface area contributed by atoms with E-state index in [9.17, 15) is 4.79 Å². The highest BCUT2D eigenvalue weighted by molar-refractivity contribution is 5.80. The maximum absolute atomic E-state index is 12.5. The van der Waals surface area contributed by atoms with Gasteiger partial charge < -0.3 is 10.1 Å². The molecule has 1 aliphatic heterocycles. The molecule has 4 heteroatoms. The highest BCUT2D eigenvalue weighted by Crippen LogP contribution is 2.20. The molecule has 4 nitrogen and oxygen atoms in total. The maximum Gasteiger partial charge on any atom is 0.261 e. The van der Waals surface area contributed by atoms with Crippen LogP contribution in [0.15, 0.2) is 42.5 Å². The normalized spacial score (nSPS) is 15.8. The first kappa shape index (κ1) is 20.4. The van der Waals surface area contributed by atoms with Crippen LogP contribution in [0.3, 0.4) is 0 Å². The zero-order chi connectivity index (χ0) is 19.9. The molecule has 1 fully saturated rings. The molecular weight excluding hydrogens is 348 g/mol. The molecule has 1 heterocycles. The highest BCUT2D eigenvalue weighted by Gasteiger charge is 2.16. The van der Waals surface area contributed by atoms with Gasteiger partial charge in [0.2, 0.25) is 0 Å². The van der Waals surface area contributed by atoms with Crippen LogP contribution in [0.5, 0.6) is 5.75 Å². The summed E-state index contributed by atoms with van der Waals surface area (Å²) >= 11 is 0. The van der Waals surface area contributed by atoms with Crippen LogP contribution in [0.2, 0.25) is 0 Å². The van der Waals surface area contributed by atoms with Gasteiger partial charge in [0.15, 0.2) is 6.10 Å². The van der Waals surface area contributed by atoms with Gasteiger partial charge in [-0.15, -0.1) is 0 Å². The lowest BCUT2D eigenvalue weighted by atomic mass is 10.1. The summed E-state index contributed by atoms with van der Waals surface area (Å²) in [6.07, 6.45) is 3.42. The van der Waals surface area contributed by atoms with E-state index in [0.29, 0.717) is 6.54 Å². The zero-order valence-corrected chi connectivity index (χ0v) is 17.3. The molecule has 0 bridgehead atoms. The first-order valence-corrected chi connectivity index (χ1v) is 10.3. The van der Waals surface area contributed by atoms with Gasteiger partial charge >= 0.3 is 0 Å². The Hall–Kier alpha value is -2.33. The van der Waals surface area contributed by atoms with Crippen molar-refractivity contribution in [3.63, 3.8) is 0 Å². The number of ether oxygens (including phenoxy) is 1. The van der Waals surface area contributed by atoms with Crippen molar-refractivity contribution in [2.75, 3.05) is 13.1 Å². The van der Waals surface area contributed by atoms with E-state index < -0.39 is 6.10 Å². The molecule has 0 spiro atoms. The van der Waals surface area contributed by atoms with E-state index in [0.717, 1.165) is 29.0 Å². The maximum atomic E-state index is 12.5. The third-order valence-electron chi connectivity index (χ3n) is 5.33. The molecule has 150 valence electrons. The molecule has 0 aromatic heterocycles. The second kappa shape index (κ2) is 9.74. The smallest absolute Gasteiger partial charge is 0.261 e. The monoisotopic (exact) mass is 380 g/mol. The van der Waals surface area contributed by atoms with Crippen molar-refractivity contribution in [2.45, 2.75) is 59.2 Å². The number of aryl methyl sites for hydroxylation is 2. The molecule has 1 atom stereocenters. The molecule has 2 aromatic carbocycles. The fraction of sp³-hybridized carbons (Fsp3) is 0.458. The Morgan fingerprint density at radius 2 is 1.82 bits per heavy atom. The van der Waals surface area contributed by atoms with Gasteiger partial charge in [0.25, 0.3) is 5.91 Å². The summed E-state index contributed by atoms with van der Waals surface area (Å²) in [5.41, 5.74) is 4.60. The summed E-state index contributed by atoms with van der Waals surface area (Å²) in [5.74, 6) is 0.675. The average molecular weight is 381 g/mol. The van der Waals surface area contributed by atoms with Crippen molar-refractivity contribution in [3.05, 3.63) is 64.7 Å². The highest BCUT2D eigenvalue weighted by atomic mass is 16.5. The molecule has 2 aromatic rings. The number of hydrogen-bond acceptors (Lipinski definition) is 3. The Balaban J connectivity index is 1.52. The summed E-state index contributed by atoms with van der Waals surface area (Å²) in [6, 6.07) is 14.6. The number of hydrogen-bond donors (Lipinski definition) is 1. The number of likely N-dealkylation sites (tertiary alicyclic amines) is 1. The molecule has 0 radical (unpaired) electrons. The van der Waals surface area contributed by atoms with E-state index in [4.69, 9.17) is 4.74 Å². The lowest BCUT2D eigenvalue weighted by Gasteiger charge is -2.26. The average Bonchev–Trinajstić information content (AvgIpc) is 2.70. The lowest BCUT2D eigenvalue weighted by Crippen LogP contribution is -2.36. The fourth-order valence-electron chi connectivity index (χ4n) is 3.62. The number of carbonyl (C=O) groups is 1. The van der Waals surface area contributed by atoms with Gasteiger partial charge in [0.1, 0.15) is 5.75 Å². The van der Waals surface area contributed by atoms with Crippen molar-refractivity contribution in [1.29, 1.82) is 0 Å². The summed E-state index contributed by atoms with van der Waals surface area (Å²) in [4.78, 5) is 15.0. The molecule has 1 aliphatic rings. The van der Waals surface area contributed by atoms with Crippen LogP contribution in [-0.4, -0.2) is 30.0 Å². The predicted octanol–water partition coefficient (Wildman–Crippen LogP) is 4.37. The Morgan fingerprint density at radius 3 is 2.61 bits per heavy atom. The van der Waals surface area contributed by atoms with Gasteiger partial charge in [-0.25, -0.2) is 0 Å². The van der Waals surface area contributed by atoms with E-state index in [-0.39, 0.29) is 5.91 Å². The number of piperidine rings is 1. The number of carbonyl (C=O) groups excluding carboxylic acids is 1. The first-order valence-electron chi connectivity index (χ1n) is 10.3. The summed E-state index contributed by atoms with van der Waals surface area (Å²) < 4.78 is 5.88. The van der Waals surface area contributed by atoms with Crippen LogP contribution in [-0.2, 0) is 17.9 Å². The zero-order valence-electron chi connectivity index (χ0n) is 17.3. The minimum absolute atomic E-state index is 0.0951. The Morgan fingerprint density at radius 1 is 1.07 bits per heavy atom. The SMILES string of the molecule is Cc1ccc(C)c(O[C@H](C)C(=O)NCc2cccc(CN3CCCCC3)c2)c1. The fourth-order valence-corrected chi connectivity index (χ4v) is 3.62. The first-order chi connectivity index (χ1) is 13.5. The number of benzene rings is 2. The lowest BCUT2D eigenvalue weighted by molar-refractivity contribution is -0.127. The van der Waals surface area contributed by atoms with Crippen LogP contribution in [0.4, 0.5) is 0 Å². The largest absolute Gasteiger partial charge is 0.481 e. The quantitative estimate of drug-likeness (QED) is 0.775. The summed E-state index contributed by atoms with van der Waals surface area (Å²) in [7, 11) is 0. The van der Waals surface area contributed by atoms with Crippen LogP contribution in [0.25, 0.3) is 0 Å². The number of amides is 1. The number of rotatable bonds is 7. The predicted molar refractivity (Wildman–Crippen MR) is 113 cm³/mol. The third kappa shape index (κ3) is 5.83. The molecule has 1 N–H and O–H groups in total. The molecule has 1 amide bonds. The van der Waals surface area contributed by atoms with Gasteiger partial charge in [-0.2, -0.15) is 0 Å². The molecule has 0 unspecified atom stereocenters. The van der Waals surface area contributed by atoms with Gasteiger partial charge in [-0.3, -0.25) is 9.69 Å². The third-order valence-corrected chi connectivity index (χ3v) is 5.33. The van der Waals surface area contributed by atoms with E-state index >= 15 is 0 Å². The molecule has 3 rings (SSSR count).